The quantitative estimate of drug-likeness (QED) is 0.494. The van der Waals surface area contributed by atoms with Crippen molar-refractivity contribution in [1.29, 1.82) is 0 Å². The minimum atomic E-state index is -0.894. The SMILES string of the molecule is Cc1cccc(C(=O)Nc2ccc3ncn(C(CC(=O)O)c4ccccc4)c3c2)c1. The molecule has 1 aromatic heterocycles. The molecule has 30 heavy (non-hydrogen) atoms. The lowest BCUT2D eigenvalue weighted by Crippen LogP contribution is -2.15. The molecule has 1 atom stereocenters. The summed E-state index contributed by atoms with van der Waals surface area (Å²) in [6.07, 6.45) is 1.58. The molecule has 1 amide bonds. The number of nitrogens with one attached hydrogen (secondary N) is 1. The summed E-state index contributed by atoms with van der Waals surface area (Å²) in [6, 6.07) is 21.9. The molecular weight excluding hydrogens is 378 g/mol. The summed E-state index contributed by atoms with van der Waals surface area (Å²) in [4.78, 5) is 28.6. The molecule has 150 valence electrons. The fraction of sp³-hybridized carbons (Fsp3) is 0.125. The molecule has 6 nitrogen and oxygen atoms in total. The number of benzene rings is 3. The van der Waals surface area contributed by atoms with E-state index in [-0.39, 0.29) is 12.3 Å². The van der Waals surface area contributed by atoms with Gasteiger partial charge in [0.15, 0.2) is 0 Å². The van der Waals surface area contributed by atoms with E-state index in [1.165, 1.54) is 0 Å². The normalized spacial score (nSPS) is 11.9. The van der Waals surface area contributed by atoms with Crippen molar-refractivity contribution in [3.8, 4) is 0 Å². The Kier molecular flexibility index (Phi) is 5.30. The van der Waals surface area contributed by atoms with Crippen molar-refractivity contribution < 1.29 is 14.7 Å². The molecule has 0 aliphatic heterocycles. The number of imidazole rings is 1. The Morgan fingerprint density at radius 1 is 1.03 bits per heavy atom. The van der Waals surface area contributed by atoms with Crippen LogP contribution < -0.4 is 5.32 Å². The molecule has 0 aliphatic rings. The van der Waals surface area contributed by atoms with E-state index in [9.17, 15) is 14.7 Å². The summed E-state index contributed by atoms with van der Waals surface area (Å²) in [7, 11) is 0. The van der Waals surface area contributed by atoms with Crippen LogP contribution in [0.1, 0.15) is 33.9 Å². The van der Waals surface area contributed by atoms with Crippen LogP contribution in [0.15, 0.2) is 79.1 Å². The summed E-state index contributed by atoms with van der Waals surface area (Å²) in [5, 5.41) is 12.4. The number of amides is 1. The minimum Gasteiger partial charge on any atom is -0.481 e. The summed E-state index contributed by atoms with van der Waals surface area (Å²) >= 11 is 0. The highest BCUT2D eigenvalue weighted by Gasteiger charge is 2.20. The first-order chi connectivity index (χ1) is 14.5. The van der Waals surface area contributed by atoms with Crippen molar-refractivity contribution >= 4 is 28.6 Å². The molecule has 1 heterocycles. The van der Waals surface area contributed by atoms with E-state index in [1.807, 2.05) is 72.2 Å². The minimum absolute atomic E-state index is 0.0741. The maximum absolute atomic E-state index is 12.6. The van der Waals surface area contributed by atoms with Crippen molar-refractivity contribution in [1.82, 2.24) is 9.55 Å². The van der Waals surface area contributed by atoms with Gasteiger partial charge in [-0.2, -0.15) is 0 Å². The molecule has 4 rings (SSSR count). The molecule has 0 fully saturated rings. The number of carbonyl (C=O) groups is 2. The number of aromatic nitrogens is 2. The van der Waals surface area contributed by atoms with Crippen LogP contribution in [0, 0.1) is 6.92 Å². The lowest BCUT2D eigenvalue weighted by Gasteiger charge is -2.18. The molecule has 2 N–H and O–H groups in total. The number of nitrogens with zero attached hydrogens (tertiary/aromatic N) is 2. The lowest BCUT2D eigenvalue weighted by molar-refractivity contribution is -0.137. The van der Waals surface area contributed by atoms with E-state index in [2.05, 4.69) is 10.3 Å². The summed E-state index contributed by atoms with van der Waals surface area (Å²) in [5.74, 6) is -1.09. The molecule has 0 saturated carbocycles. The average molecular weight is 399 g/mol. The second-order valence-electron chi connectivity index (χ2n) is 7.20. The highest BCUT2D eigenvalue weighted by Crippen LogP contribution is 2.28. The maximum atomic E-state index is 12.6. The number of fused-ring (bicyclic) bond motifs is 1. The predicted molar refractivity (Wildman–Crippen MR) is 116 cm³/mol. The number of anilines is 1. The van der Waals surface area contributed by atoms with E-state index < -0.39 is 12.0 Å². The van der Waals surface area contributed by atoms with Gasteiger partial charge in [0, 0.05) is 11.3 Å². The van der Waals surface area contributed by atoms with Gasteiger partial charge in [0.25, 0.3) is 5.91 Å². The van der Waals surface area contributed by atoms with Crippen LogP contribution in [-0.4, -0.2) is 26.5 Å². The first kappa shape index (κ1) is 19.4. The Labute approximate surface area is 173 Å². The molecular formula is C24H21N3O3. The van der Waals surface area contributed by atoms with E-state index in [4.69, 9.17) is 0 Å². The summed E-state index contributed by atoms with van der Waals surface area (Å²) in [6.45, 7) is 1.94. The average Bonchev–Trinajstić information content (AvgIpc) is 3.15. The number of aliphatic carboxylic acids is 1. The largest absolute Gasteiger partial charge is 0.481 e. The van der Waals surface area contributed by atoms with Crippen LogP contribution in [0.2, 0.25) is 0 Å². The number of carboxylic acid groups (broad SMARTS) is 1. The Bertz CT molecular complexity index is 1210. The van der Waals surface area contributed by atoms with Gasteiger partial charge in [-0.1, -0.05) is 48.0 Å². The Morgan fingerprint density at radius 2 is 1.83 bits per heavy atom. The van der Waals surface area contributed by atoms with E-state index >= 15 is 0 Å². The fourth-order valence-electron chi connectivity index (χ4n) is 3.56. The number of hydrogen-bond donors (Lipinski definition) is 2. The number of carbonyl (C=O) groups excluding carboxylic acids is 1. The zero-order chi connectivity index (χ0) is 21.1. The third-order valence-corrected chi connectivity index (χ3v) is 5.00. The summed E-state index contributed by atoms with van der Waals surface area (Å²) < 4.78 is 1.85. The summed E-state index contributed by atoms with van der Waals surface area (Å²) in [5.41, 5.74) is 4.58. The Hall–Kier alpha value is -3.93. The first-order valence-electron chi connectivity index (χ1n) is 9.62. The number of aryl methyl sites for hydroxylation is 1. The van der Waals surface area contributed by atoms with Crippen molar-refractivity contribution in [2.75, 3.05) is 5.32 Å². The molecule has 0 saturated heterocycles. The first-order valence-corrected chi connectivity index (χ1v) is 9.62. The number of rotatable bonds is 6. The molecule has 6 heteroatoms. The van der Waals surface area contributed by atoms with Gasteiger partial charge in [0.1, 0.15) is 0 Å². The Morgan fingerprint density at radius 3 is 2.57 bits per heavy atom. The number of carboxylic acids is 1. The molecule has 0 spiro atoms. The Balaban J connectivity index is 1.70. The van der Waals surface area contributed by atoms with Crippen LogP contribution >= 0.6 is 0 Å². The second kappa shape index (κ2) is 8.21. The van der Waals surface area contributed by atoms with Crippen LogP contribution in [0.25, 0.3) is 11.0 Å². The van der Waals surface area contributed by atoms with Crippen molar-refractivity contribution in [3.63, 3.8) is 0 Å². The second-order valence-corrected chi connectivity index (χ2v) is 7.20. The zero-order valence-corrected chi connectivity index (χ0v) is 16.4. The van der Waals surface area contributed by atoms with Crippen molar-refractivity contribution in [2.45, 2.75) is 19.4 Å². The molecule has 1 unspecified atom stereocenters. The third-order valence-electron chi connectivity index (χ3n) is 5.00. The van der Waals surface area contributed by atoms with Crippen molar-refractivity contribution in [3.05, 3.63) is 95.8 Å². The highest BCUT2D eigenvalue weighted by molar-refractivity contribution is 6.05. The monoisotopic (exact) mass is 399 g/mol. The smallest absolute Gasteiger partial charge is 0.305 e. The van der Waals surface area contributed by atoms with E-state index in [0.29, 0.717) is 11.3 Å². The van der Waals surface area contributed by atoms with Crippen LogP contribution in [-0.2, 0) is 4.79 Å². The molecule has 0 radical (unpaired) electrons. The van der Waals surface area contributed by atoms with Crippen LogP contribution in [0.5, 0.6) is 0 Å². The maximum Gasteiger partial charge on any atom is 0.305 e. The topological polar surface area (TPSA) is 84.2 Å². The van der Waals surface area contributed by atoms with E-state index in [0.717, 1.165) is 22.2 Å². The van der Waals surface area contributed by atoms with Gasteiger partial charge in [0.05, 0.1) is 29.8 Å². The van der Waals surface area contributed by atoms with Gasteiger partial charge in [-0.3, -0.25) is 9.59 Å². The third kappa shape index (κ3) is 4.07. The van der Waals surface area contributed by atoms with Gasteiger partial charge in [-0.25, -0.2) is 4.98 Å². The molecule has 3 aromatic carbocycles. The van der Waals surface area contributed by atoms with Gasteiger partial charge in [-0.05, 0) is 42.8 Å². The fourth-order valence-corrected chi connectivity index (χ4v) is 3.56. The predicted octanol–water partition coefficient (Wildman–Crippen LogP) is 4.66. The van der Waals surface area contributed by atoms with Crippen molar-refractivity contribution in [2.24, 2.45) is 0 Å². The molecule has 0 bridgehead atoms. The van der Waals surface area contributed by atoms with Crippen LogP contribution in [0.4, 0.5) is 5.69 Å². The highest BCUT2D eigenvalue weighted by atomic mass is 16.4. The zero-order valence-electron chi connectivity index (χ0n) is 16.4. The number of hydrogen-bond acceptors (Lipinski definition) is 3. The van der Waals surface area contributed by atoms with Crippen LogP contribution in [0.3, 0.4) is 0 Å². The lowest BCUT2D eigenvalue weighted by atomic mass is 10.0. The van der Waals surface area contributed by atoms with Gasteiger partial charge in [0.2, 0.25) is 0 Å². The standard InChI is InChI=1S/C24H21N3O3/c1-16-6-5-9-18(12-16)24(30)26-19-10-11-20-22(13-19)27(15-25-20)21(14-23(28)29)17-7-3-2-4-8-17/h2-13,15,21H,14H2,1H3,(H,26,30)(H,28,29). The molecule has 4 aromatic rings. The van der Waals surface area contributed by atoms with Gasteiger partial charge >= 0.3 is 5.97 Å². The van der Waals surface area contributed by atoms with Gasteiger partial charge in [-0.15, -0.1) is 0 Å². The molecule has 0 aliphatic carbocycles. The van der Waals surface area contributed by atoms with E-state index in [1.54, 1.807) is 18.5 Å². The van der Waals surface area contributed by atoms with Gasteiger partial charge < -0.3 is 15.0 Å².